The van der Waals surface area contributed by atoms with Gasteiger partial charge in [-0.1, -0.05) is 17.7 Å². The summed E-state index contributed by atoms with van der Waals surface area (Å²) in [7, 11) is 0. The van der Waals surface area contributed by atoms with Crippen LogP contribution in [-0.4, -0.2) is 17.6 Å². The Labute approximate surface area is 191 Å². The lowest BCUT2D eigenvalue weighted by molar-refractivity contribution is 0.102. The minimum Gasteiger partial charge on any atom is -0.322 e. The molecule has 0 saturated carbocycles. The lowest BCUT2D eigenvalue weighted by Gasteiger charge is -2.29. The number of aromatic nitrogens is 1. The molecule has 0 radical (unpaired) electrons. The second-order valence-electron chi connectivity index (χ2n) is 7.41. The smallest absolute Gasteiger partial charge is 0.258 e. The van der Waals surface area contributed by atoms with Crippen LogP contribution in [-0.2, 0) is 6.42 Å². The fourth-order valence-corrected chi connectivity index (χ4v) is 3.98. The molecule has 0 bridgehead atoms. The molecule has 2 aromatic carbocycles. The maximum absolute atomic E-state index is 12.7. The second kappa shape index (κ2) is 9.04. The van der Waals surface area contributed by atoms with Gasteiger partial charge in [0.05, 0.1) is 28.6 Å². The van der Waals surface area contributed by atoms with Gasteiger partial charge in [0.25, 0.3) is 5.91 Å². The number of hydrazone groups is 1. The number of nitriles is 1. The number of pyridine rings is 1. The van der Waals surface area contributed by atoms with E-state index in [2.05, 4.69) is 35.1 Å². The second-order valence-corrected chi connectivity index (χ2v) is 7.77. The topological polar surface area (TPSA) is 81.4 Å². The van der Waals surface area contributed by atoms with Crippen LogP contribution in [0.2, 0.25) is 5.15 Å². The van der Waals surface area contributed by atoms with Gasteiger partial charge in [-0.15, -0.1) is 0 Å². The molecule has 0 saturated heterocycles. The van der Waals surface area contributed by atoms with Gasteiger partial charge in [0.2, 0.25) is 0 Å². The maximum Gasteiger partial charge on any atom is 0.258 e. The molecule has 1 heterocycles. The first kappa shape index (κ1) is 21.3. The third-order valence-corrected chi connectivity index (χ3v) is 5.70. The van der Waals surface area contributed by atoms with Crippen molar-refractivity contribution in [2.75, 3.05) is 10.3 Å². The van der Waals surface area contributed by atoms with Gasteiger partial charge in [-0.05, 0) is 79.4 Å². The molecule has 1 aromatic heterocycles. The van der Waals surface area contributed by atoms with Gasteiger partial charge in [0.15, 0.2) is 0 Å². The molecule has 1 aliphatic rings. The number of hydrogen-bond acceptors (Lipinski definition) is 5. The van der Waals surface area contributed by atoms with Gasteiger partial charge < -0.3 is 5.32 Å². The van der Waals surface area contributed by atoms with E-state index < -0.39 is 0 Å². The summed E-state index contributed by atoms with van der Waals surface area (Å²) in [6.45, 7) is 5.84. The van der Waals surface area contributed by atoms with E-state index in [0.29, 0.717) is 16.8 Å². The van der Waals surface area contributed by atoms with Crippen molar-refractivity contribution in [2.45, 2.75) is 19.8 Å². The van der Waals surface area contributed by atoms with E-state index in [-0.39, 0.29) is 11.1 Å². The van der Waals surface area contributed by atoms with Crippen molar-refractivity contribution in [3.05, 3.63) is 93.8 Å². The standard InChI is InChI=1S/C25H20ClN5O/c1-16-5-8-18-9-10-19(30-25(32)21-4-3-13-29-24(21)26)14-22(18)23(16)31(28-2)20-11-6-17(15-27)7-12-20/h3-4,6-7,9-14H,2,5,8H2,1H3,(H,30,32). The van der Waals surface area contributed by atoms with Crippen molar-refractivity contribution in [1.82, 2.24) is 4.98 Å². The monoisotopic (exact) mass is 441 g/mol. The Bertz CT molecular complexity index is 1270. The van der Waals surface area contributed by atoms with Crippen LogP contribution in [0.15, 0.2) is 71.5 Å². The normalized spacial score (nSPS) is 12.5. The number of amides is 1. The highest BCUT2D eigenvalue weighted by Crippen LogP contribution is 2.38. The molecule has 0 atom stereocenters. The number of nitrogens with zero attached hydrogens (tertiary/aromatic N) is 4. The van der Waals surface area contributed by atoms with Gasteiger partial charge in [-0.2, -0.15) is 10.4 Å². The number of anilines is 2. The summed E-state index contributed by atoms with van der Waals surface area (Å²) in [6, 6.07) is 18.5. The van der Waals surface area contributed by atoms with Crippen LogP contribution in [0.25, 0.3) is 5.70 Å². The predicted octanol–water partition coefficient (Wildman–Crippen LogP) is 5.66. The zero-order valence-electron chi connectivity index (χ0n) is 17.5. The number of fused-ring (bicyclic) bond motifs is 1. The van der Waals surface area contributed by atoms with Crippen LogP contribution >= 0.6 is 11.6 Å². The highest BCUT2D eigenvalue weighted by atomic mass is 35.5. The fourth-order valence-electron chi connectivity index (χ4n) is 3.77. The van der Waals surface area contributed by atoms with Crippen molar-refractivity contribution in [3.63, 3.8) is 0 Å². The summed E-state index contributed by atoms with van der Waals surface area (Å²) >= 11 is 6.07. The third kappa shape index (κ3) is 4.11. The van der Waals surface area contributed by atoms with Crippen LogP contribution in [0.1, 0.15) is 40.4 Å². The third-order valence-electron chi connectivity index (χ3n) is 5.39. The number of halogens is 1. The van der Waals surface area contributed by atoms with Crippen molar-refractivity contribution in [1.29, 1.82) is 5.26 Å². The van der Waals surface area contributed by atoms with Crippen molar-refractivity contribution in [2.24, 2.45) is 5.10 Å². The number of nitrogens with one attached hydrogen (secondary N) is 1. The Hall–Kier alpha value is -3.95. The summed E-state index contributed by atoms with van der Waals surface area (Å²) in [4.78, 5) is 16.7. The number of benzene rings is 2. The van der Waals surface area contributed by atoms with Crippen molar-refractivity contribution >= 4 is 41.3 Å². The SMILES string of the molecule is C=NN(C1=C(C)CCc2ccc(NC(=O)c3cccnc3Cl)cc21)c1ccc(C#N)cc1. The fraction of sp³-hybridized carbons (Fsp3) is 0.120. The van der Waals surface area contributed by atoms with Gasteiger partial charge in [-0.25, -0.2) is 9.99 Å². The minimum absolute atomic E-state index is 0.155. The molecule has 3 aromatic rings. The van der Waals surface area contributed by atoms with Crippen LogP contribution in [0.4, 0.5) is 11.4 Å². The first-order valence-corrected chi connectivity index (χ1v) is 10.4. The molecule has 0 unspecified atom stereocenters. The zero-order chi connectivity index (χ0) is 22.7. The number of hydrogen-bond donors (Lipinski definition) is 1. The van der Waals surface area contributed by atoms with Crippen molar-refractivity contribution in [3.8, 4) is 6.07 Å². The summed E-state index contributed by atoms with van der Waals surface area (Å²) in [5.41, 5.74) is 6.54. The molecular weight excluding hydrogens is 422 g/mol. The molecule has 0 fully saturated rings. The molecule has 0 spiro atoms. The van der Waals surface area contributed by atoms with Gasteiger partial charge in [-0.3, -0.25) is 4.79 Å². The largest absolute Gasteiger partial charge is 0.322 e. The lowest BCUT2D eigenvalue weighted by Crippen LogP contribution is -2.20. The van der Waals surface area contributed by atoms with E-state index >= 15 is 0 Å². The van der Waals surface area contributed by atoms with Gasteiger partial charge in [0, 0.05) is 24.2 Å². The molecule has 1 amide bonds. The van der Waals surface area contributed by atoms with E-state index in [1.54, 1.807) is 29.3 Å². The Morgan fingerprint density at radius 3 is 2.69 bits per heavy atom. The summed E-state index contributed by atoms with van der Waals surface area (Å²) < 4.78 is 0. The molecule has 6 nitrogen and oxygen atoms in total. The van der Waals surface area contributed by atoms with Crippen LogP contribution in [0.5, 0.6) is 0 Å². The number of carbonyl (C=O) groups is 1. The maximum atomic E-state index is 12.7. The summed E-state index contributed by atoms with van der Waals surface area (Å²) in [5.74, 6) is -0.327. The summed E-state index contributed by atoms with van der Waals surface area (Å²) in [6.07, 6.45) is 3.32. The first-order valence-electron chi connectivity index (χ1n) is 10.0. The molecule has 32 heavy (non-hydrogen) atoms. The molecular formula is C25H20ClN5O. The van der Waals surface area contributed by atoms with E-state index in [4.69, 9.17) is 16.9 Å². The highest BCUT2D eigenvalue weighted by Gasteiger charge is 2.23. The summed E-state index contributed by atoms with van der Waals surface area (Å²) in [5, 5.41) is 18.2. The Balaban J connectivity index is 1.71. The van der Waals surface area contributed by atoms with Crippen LogP contribution in [0.3, 0.4) is 0 Å². The van der Waals surface area contributed by atoms with Crippen molar-refractivity contribution < 1.29 is 4.79 Å². The lowest BCUT2D eigenvalue weighted by atomic mass is 9.89. The molecule has 1 aliphatic carbocycles. The number of carbonyl (C=O) groups excluding carboxylic acids is 1. The van der Waals surface area contributed by atoms with E-state index in [0.717, 1.165) is 40.9 Å². The predicted molar refractivity (Wildman–Crippen MR) is 128 cm³/mol. The van der Waals surface area contributed by atoms with Gasteiger partial charge in [0.1, 0.15) is 5.15 Å². The molecule has 4 rings (SSSR count). The molecule has 158 valence electrons. The average molecular weight is 442 g/mol. The number of aryl methyl sites for hydroxylation is 1. The zero-order valence-corrected chi connectivity index (χ0v) is 18.2. The number of allylic oxidation sites excluding steroid dienone is 1. The quantitative estimate of drug-likeness (QED) is 0.314. The molecule has 0 aliphatic heterocycles. The number of rotatable bonds is 5. The average Bonchev–Trinajstić information content (AvgIpc) is 2.81. The van der Waals surface area contributed by atoms with E-state index in [1.807, 2.05) is 30.3 Å². The van der Waals surface area contributed by atoms with Crippen LogP contribution in [0, 0.1) is 11.3 Å². The highest BCUT2D eigenvalue weighted by molar-refractivity contribution is 6.33. The molecule has 7 heteroatoms. The Kier molecular flexibility index (Phi) is 6.02. The van der Waals surface area contributed by atoms with Crippen LogP contribution < -0.4 is 10.3 Å². The first-order chi connectivity index (χ1) is 15.5. The Morgan fingerprint density at radius 2 is 2.00 bits per heavy atom. The van der Waals surface area contributed by atoms with E-state index in [1.165, 1.54) is 6.20 Å². The minimum atomic E-state index is -0.327. The Morgan fingerprint density at radius 1 is 1.22 bits per heavy atom. The molecule has 1 N–H and O–H groups in total. The van der Waals surface area contributed by atoms with Gasteiger partial charge >= 0.3 is 0 Å². The van der Waals surface area contributed by atoms with E-state index in [9.17, 15) is 4.79 Å².